The van der Waals surface area contributed by atoms with E-state index in [0.717, 1.165) is 6.42 Å². The molecule has 2 rings (SSSR count). The molecular weight excluding hydrogens is 306 g/mol. The van der Waals surface area contributed by atoms with Gasteiger partial charge in [-0.3, -0.25) is 0 Å². The van der Waals surface area contributed by atoms with E-state index >= 15 is 0 Å². The number of halogens is 1. The molecule has 1 N–H and O–H groups in total. The number of hydrogen-bond acceptors (Lipinski definition) is 2. The second-order valence-electron chi connectivity index (χ2n) is 4.64. The minimum absolute atomic E-state index is 0.391. The Morgan fingerprint density at radius 1 is 1.28 bits per heavy atom. The van der Waals surface area contributed by atoms with E-state index in [1.54, 1.807) is 11.3 Å². The largest absolute Gasteiger partial charge is 0.312 e. The Morgan fingerprint density at radius 3 is 2.67 bits per heavy atom. The second kappa shape index (κ2) is 6.00. The van der Waals surface area contributed by atoms with Crippen LogP contribution in [0.1, 0.15) is 27.6 Å². The SMILES string of the molecule is CNC(Cc1cc(C)ccc1C)c1cc(Br)cs1. The minimum atomic E-state index is 0.391. The van der Waals surface area contributed by atoms with Crippen molar-refractivity contribution in [3.63, 3.8) is 0 Å². The fraction of sp³-hybridized carbons (Fsp3) is 0.333. The van der Waals surface area contributed by atoms with Gasteiger partial charge in [0.15, 0.2) is 0 Å². The van der Waals surface area contributed by atoms with Crippen LogP contribution >= 0.6 is 27.3 Å². The summed E-state index contributed by atoms with van der Waals surface area (Å²) >= 11 is 5.33. The Labute approximate surface area is 121 Å². The van der Waals surface area contributed by atoms with E-state index in [0.29, 0.717) is 6.04 Å². The first kappa shape index (κ1) is 13.8. The molecular formula is C15H18BrNS. The quantitative estimate of drug-likeness (QED) is 0.864. The van der Waals surface area contributed by atoms with Gasteiger partial charge in [-0.2, -0.15) is 0 Å². The summed E-state index contributed by atoms with van der Waals surface area (Å²) in [6.45, 7) is 4.34. The monoisotopic (exact) mass is 323 g/mol. The lowest BCUT2D eigenvalue weighted by molar-refractivity contribution is 0.600. The summed E-state index contributed by atoms with van der Waals surface area (Å²) in [5.41, 5.74) is 4.13. The highest BCUT2D eigenvalue weighted by Crippen LogP contribution is 2.28. The van der Waals surface area contributed by atoms with Gasteiger partial charge < -0.3 is 5.32 Å². The molecule has 0 saturated heterocycles. The Hall–Kier alpha value is -0.640. The van der Waals surface area contributed by atoms with Gasteiger partial charge in [-0.15, -0.1) is 11.3 Å². The predicted molar refractivity (Wildman–Crippen MR) is 83.4 cm³/mol. The first-order chi connectivity index (χ1) is 8.60. The minimum Gasteiger partial charge on any atom is -0.312 e. The Morgan fingerprint density at radius 2 is 2.06 bits per heavy atom. The van der Waals surface area contributed by atoms with Gasteiger partial charge in [0.1, 0.15) is 0 Å². The molecule has 0 aliphatic heterocycles. The van der Waals surface area contributed by atoms with Crippen molar-refractivity contribution in [2.45, 2.75) is 26.3 Å². The third kappa shape index (κ3) is 3.22. The van der Waals surface area contributed by atoms with Crippen LogP contribution in [0.5, 0.6) is 0 Å². The third-order valence-electron chi connectivity index (χ3n) is 3.21. The van der Waals surface area contributed by atoms with Crippen molar-refractivity contribution in [1.29, 1.82) is 0 Å². The van der Waals surface area contributed by atoms with Crippen molar-refractivity contribution >= 4 is 27.3 Å². The molecule has 0 saturated carbocycles. The lowest BCUT2D eigenvalue weighted by Gasteiger charge is -2.16. The van der Waals surface area contributed by atoms with Crippen LogP contribution in [-0.4, -0.2) is 7.05 Å². The van der Waals surface area contributed by atoms with E-state index in [4.69, 9.17) is 0 Å². The normalized spacial score (nSPS) is 12.7. The lowest BCUT2D eigenvalue weighted by atomic mass is 9.98. The zero-order valence-corrected chi connectivity index (χ0v) is 13.4. The highest BCUT2D eigenvalue weighted by atomic mass is 79.9. The molecule has 0 fully saturated rings. The maximum Gasteiger partial charge on any atom is 0.0453 e. The molecule has 1 aromatic heterocycles. The molecule has 1 atom stereocenters. The summed E-state index contributed by atoms with van der Waals surface area (Å²) in [5, 5.41) is 5.56. The number of thiophene rings is 1. The van der Waals surface area contributed by atoms with Crippen LogP contribution < -0.4 is 5.32 Å². The highest BCUT2D eigenvalue weighted by Gasteiger charge is 2.13. The van der Waals surface area contributed by atoms with Crippen LogP contribution in [0.4, 0.5) is 0 Å². The smallest absolute Gasteiger partial charge is 0.0453 e. The maximum atomic E-state index is 3.52. The second-order valence-corrected chi connectivity index (χ2v) is 6.50. The molecule has 0 aliphatic carbocycles. The Bertz CT molecular complexity index is 533. The molecule has 0 radical (unpaired) electrons. The van der Waals surface area contributed by atoms with E-state index < -0.39 is 0 Å². The Balaban J connectivity index is 2.22. The molecule has 0 aliphatic rings. The van der Waals surface area contributed by atoms with Crippen LogP contribution in [0.3, 0.4) is 0 Å². The summed E-state index contributed by atoms with van der Waals surface area (Å²) < 4.78 is 1.17. The number of nitrogens with one attached hydrogen (secondary N) is 1. The van der Waals surface area contributed by atoms with Crippen molar-refractivity contribution in [3.8, 4) is 0 Å². The Kier molecular flexibility index (Phi) is 4.60. The van der Waals surface area contributed by atoms with Crippen molar-refractivity contribution < 1.29 is 0 Å². The van der Waals surface area contributed by atoms with Crippen LogP contribution in [-0.2, 0) is 6.42 Å². The topological polar surface area (TPSA) is 12.0 Å². The van der Waals surface area contributed by atoms with Gasteiger partial charge >= 0.3 is 0 Å². The third-order valence-corrected chi connectivity index (χ3v) is 5.02. The number of hydrogen-bond donors (Lipinski definition) is 1. The van der Waals surface area contributed by atoms with Gasteiger partial charge in [0.05, 0.1) is 0 Å². The van der Waals surface area contributed by atoms with Crippen LogP contribution in [0, 0.1) is 13.8 Å². The summed E-state index contributed by atoms with van der Waals surface area (Å²) in [7, 11) is 2.03. The van der Waals surface area contributed by atoms with Gasteiger partial charge in [-0.05, 0) is 60.4 Å². The van der Waals surface area contributed by atoms with Gasteiger partial charge in [0.2, 0.25) is 0 Å². The van der Waals surface area contributed by atoms with Gasteiger partial charge in [-0.1, -0.05) is 23.8 Å². The molecule has 2 aromatic rings. The fourth-order valence-corrected chi connectivity index (χ4v) is 3.65. The van der Waals surface area contributed by atoms with E-state index in [1.807, 2.05) is 7.05 Å². The maximum absolute atomic E-state index is 3.52. The van der Waals surface area contributed by atoms with Crippen molar-refractivity contribution in [2.75, 3.05) is 7.05 Å². The molecule has 1 unspecified atom stereocenters. The molecule has 0 bridgehead atoms. The molecule has 1 heterocycles. The predicted octanol–water partition coefficient (Wildman–Crippen LogP) is 4.63. The standard InChI is InChI=1S/C15H18BrNS/c1-10-4-5-11(2)12(6-10)7-14(17-3)15-8-13(16)9-18-15/h4-6,8-9,14,17H,7H2,1-3H3. The molecule has 1 aromatic carbocycles. The summed E-state index contributed by atoms with van der Waals surface area (Å²) in [6, 6.07) is 9.28. The summed E-state index contributed by atoms with van der Waals surface area (Å²) in [6.07, 6.45) is 1.04. The van der Waals surface area contributed by atoms with Crippen LogP contribution in [0.15, 0.2) is 34.1 Å². The number of likely N-dealkylation sites (N-methyl/N-ethyl adjacent to an activating group) is 1. The number of rotatable bonds is 4. The van der Waals surface area contributed by atoms with Crippen molar-refractivity contribution in [2.24, 2.45) is 0 Å². The fourth-order valence-electron chi connectivity index (χ4n) is 2.10. The number of aryl methyl sites for hydroxylation is 2. The van der Waals surface area contributed by atoms with Gasteiger partial charge in [0.25, 0.3) is 0 Å². The average Bonchev–Trinajstić information content (AvgIpc) is 2.77. The zero-order valence-electron chi connectivity index (χ0n) is 11.0. The highest BCUT2D eigenvalue weighted by molar-refractivity contribution is 9.10. The lowest BCUT2D eigenvalue weighted by Crippen LogP contribution is -2.18. The molecule has 0 spiro atoms. The first-order valence-corrected chi connectivity index (χ1v) is 7.74. The van der Waals surface area contributed by atoms with E-state index in [-0.39, 0.29) is 0 Å². The first-order valence-electron chi connectivity index (χ1n) is 6.07. The molecule has 18 heavy (non-hydrogen) atoms. The van der Waals surface area contributed by atoms with Crippen molar-refractivity contribution in [3.05, 3.63) is 55.7 Å². The summed E-state index contributed by atoms with van der Waals surface area (Å²) in [4.78, 5) is 1.38. The zero-order chi connectivity index (χ0) is 13.1. The molecule has 96 valence electrons. The van der Waals surface area contributed by atoms with E-state index in [1.165, 1.54) is 26.0 Å². The van der Waals surface area contributed by atoms with Crippen LogP contribution in [0.25, 0.3) is 0 Å². The van der Waals surface area contributed by atoms with Crippen molar-refractivity contribution in [1.82, 2.24) is 5.32 Å². The number of benzene rings is 1. The molecule has 0 amide bonds. The van der Waals surface area contributed by atoms with Crippen LogP contribution in [0.2, 0.25) is 0 Å². The molecule has 3 heteroatoms. The van der Waals surface area contributed by atoms with Gasteiger partial charge in [0, 0.05) is 20.8 Å². The molecule has 1 nitrogen and oxygen atoms in total. The summed E-state index contributed by atoms with van der Waals surface area (Å²) in [5.74, 6) is 0. The van der Waals surface area contributed by atoms with Gasteiger partial charge in [-0.25, -0.2) is 0 Å². The average molecular weight is 324 g/mol. The van der Waals surface area contributed by atoms with E-state index in [9.17, 15) is 0 Å². The van der Waals surface area contributed by atoms with E-state index in [2.05, 4.69) is 64.7 Å².